The van der Waals surface area contributed by atoms with E-state index in [2.05, 4.69) is 34.2 Å². The van der Waals surface area contributed by atoms with Crippen LogP contribution in [0, 0.1) is 12.7 Å². The summed E-state index contributed by atoms with van der Waals surface area (Å²) < 4.78 is 14.9. The third-order valence-corrected chi connectivity index (χ3v) is 4.63. The minimum absolute atomic E-state index is 0.126. The van der Waals surface area contributed by atoms with Crippen molar-refractivity contribution in [3.8, 4) is 11.1 Å². The van der Waals surface area contributed by atoms with Gasteiger partial charge in [-0.2, -0.15) is 0 Å². The van der Waals surface area contributed by atoms with Gasteiger partial charge in [0.05, 0.1) is 5.02 Å². The Bertz CT molecular complexity index is 643. The molecule has 1 N–H and O–H groups in total. The van der Waals surface area contributed by atoms with Gasteiger partial charge in [0.25, 0.3) is 0 Å². The molecule has 0 amide bonds. The smallest absolute Gasteiger partial charge is 0.150 e. The Balaban J connectivity index is 2.31. The first-order valence-corrected chi connectivity index (χ1v) is 8.15. The molecule has 0 atom stereocenters. The molecule has 0 spiro atoms. The molecule has 112 valence electrons. The largest absolute Gasteiger partial charge is 0.313 e. The summed E-state index contributed by atoms with van der Waals surface area (Å²) in [5, 5.41) is 3.49. The van der Waals surface area contributed by atoms with E-state index >= 15 is 0 Å². The maximum absolute atomic E-state index is 14.3. The summed E-state index contributed by atoms with van der Waals surface area (Å²) in [6.07, 6.45) is 1.11. The van der Waals surface area contributed by atoms with Gasteiger partial charge in [0.15, 0.2) is 5.82 Å². The van der Waals surface area contributed by atoms with Gasteiger partial charge in [-0.05, 0) is 58.6 Å². The van der Waals surface area contributed by atoms with Gasteiger partial charge in [-0.15, -0.1) is 0 Å². The Kier molecular flexibility index (Phi) is 5.80. The zero-order valence-corrected chi connectivity index (χ0v) is 14.5. The molecule has 0 bridgehead atoms. The fraction of sp³-hybridized carbons (Fsp3) is 0.294. The first-order valence-electron chi connectivity index (χ1n) is 6.98. The predicted octanol–water partition coefficient (Wildman–Crippen LogP) is 5.72. The van der Waals surface area contributed by atoms with Gasteiger partial charge in [0.2, 0.25) is 0 Å². The van der Waals surface area contributed by atoms with Crippen LogP contribution in [-0.2, 0) is 6.54 Å². The van der Waals surface area contributed by atoms with Gasteiger partial charge >= 0.3 is 0 Å². The molecule has 0 saturated carbocycles. The lowest BCUT2D eigenvalue weighted by molar-refractivity contribution is 0.630. The first kappa shape index (κ1) is 16.5. The van der Waals surface area contributed by atoms with Crippen molar-refractivity contribution < 1.29 is 4.39 Å². The van der Waals surface area contributed by atoms with E-state index in [0.717, 1.165) is 30.6 Å². The van der Waals surface area contributed by atoms with E-state index in [1.807, 2.05) is 19.1 Å². The average Bonchev–Trinajstić information content (AvgIpc) is 2.46. The normalized spacial score (nSPS) is 10.9. The van der Waals surface area contributed by atoms with E-state index in [4.69, 9.17) is 11.6 Å². The van der Waals surface area contributed by atoms with Crippen molar-refractivity contribution in [2.24, 2.45) is 0 Å². The summed E-state index contributed by atoms with van der Waals surface area (Å²) in [6, 6.07) is 9.61. The van der Waals surface area contributed by atoms with Gasteiger partial charge in [0, 0.05) is 16.6 Å². The highest BCUT2D eigenvalue weighted by atomic mass is 79.9. The van der Waals surface area contributed by atoms with E-state index in [1.54, 1.807) is 12.1 Å². The minimum Gasteiger partial charge on any atom is -0.313 e. The third-order valence-electron chi connectivity index (χ3n) is 3.37. The van der Waals surface area contributed by atoms with Gasteiger partial charge in [0.1, 0.15) is 0 Å². The number of nitrogens with one attached hydrogen (secondary N) is 1. The topological polar surface area (TPSA) is 12.0 Å². The lowest BCUT2D eigenvalue weighted by atomic mass is 9.98. The Morgan fingerprint density at radius 1 is 1.19 bits per heavy atom. The van der Waals surface area contributed by atoms with Gasteiger partial charge in [-0.3, -0.25) is 0 Å². The van der Waals surface area contributed by atoms with Crippen LogP contribution in [0.5, 0.6) is 0 Å². The highest BCUT2D eigenvalue weighted by Crippen LogP contribution is 2.34. The second kappa shape index (κ2) is 7.39. The number of aryl methyl sites for hydroxylation is 1. The Morgan fingerprint density at radius 3 is 2.57 bits per heavy atom. The summed E-state index contributed by atoms with van der Waals surface area (Å²) in [5.41, 5.74) is 3.66. The zero-order chi connectivity index (χ0) is 15.4. The first-order chi connectivity index (χ1) is 10.0. The van der Waals surface area contributed by atoms with Crippen LogP contribution in [0.4, 0.5) is 4.39 Å². The standard InChI is InChI=1S/C17H18BrClFN/c1-3-8-21-10-12-4-5-13(11(2)9-12)14-6-7-15(18)16(19)17(14)20/h4-7,9,21H,3,8,10H2,1-2H3. The van der Waals surface area contributed by atoms with E-state index in [9.17, 15) is 4.39 Å². The molecule has 0 saturated heterocycles. The third kappa shape index (κ3) is 3.85. The zero-order valence-electron chi connectivity index (χ0n) is 12.1. The molecule has 2 aromatic carbocycles. The highest BCUT2D eigenvalue weighted by molar-refractivity contribution is 9.10. The van der Waals surface area contributed by atoms with E-state index < -0.39 is 0 Å². The van der Waals surface area contributed by atoms with Crippen LogP contribution in [-0.4, -0.2) is 6.54 Å². The number of hydrogen-bond acceptors (Lipinski definition) is 1. The van der Waals surface area contributed by atoms with Crippen LogP contribution in [0.3, 0.4) is 0 Å². The molecule has 2 aromatic rings. The van der Waals surface area contributed by atoms with Crippen molar-refractivity contribution in [1.82, 2.24) is 5.32 Å². The van der Waals surface area contributed by atoms with Crippen LogP contribution in [0.1, 0.15) is 24.5 Å². The number of hydrogen-bond donors (Lipinski definition) is 1. The van der Waals surface area contributed by atoms with Gasteiger partial charge in [-0.25, -0.2) is 4.39 Å². The van der Waals surface area contributed by atoms with E-state index in [0.29, 0.717) is 10.0 Å². The van der Waals surface area contributed by atoms with Crippen LogP contribution < -0.4 is 5.32 Å². The van der Waals surface area contributed by atoms with Crippen molar-refractivity contribution >= 4 is 27.5 Å². The number of benzene rings is 2. The maximum atomic E-state index is 14.3. The second-order valence-electron chi connectivity index (χ2n) is 5.05. The number of rotatable bonds is 5. The molecule has 0 heterocycles. The summed E-state index contributed by atoms with van der Waals surface area (Å²) in [4.78, 5) is 0. The molecule has 0 unspecified atom stereocenters. The van der Waals surface area contributed by atoms with Crippen LogP contribution >= 0.6 is 27.5 Å². The molecular weight excluding hydrogens is 353 g/mol. The molecular formula is C17H18BrClFN. The van der Waals surface area contributed by atoms with Crippen LogP contribution in [0.25, 0.3) is 11.1 Å². The molecule has 0 aromatic heterocycles. The van der Waals surface area contributed by atoms with Crippen molar-refractivity contribution in [3.63, 3.8) is 0 Å². The van der Waals surface area contributed by atoms with Gasteiger partial charge < -0.3 is 5.32 Å². The van der Waals surface area contributed by atoms with Crippen molar-refractivity contribution in [2.75, 3.05) is 6.54 Å². The second-order valence-corrected chi connectivity index (χ2v) is 6.28. The predicted molar refractivity (Wildman–Crippen MR) is 91.3 cm³/mol. The molecule has 21 heavy (non-hydrogen) atoms. The van der Waals surface area contributed by atoms with E-state index in [-0.39, 0.29) is 10.8 Å². The Labute approximate surface area is 138 Å². The molecule has 0 aliphatic rings. The lowest BCUT2D eigenvalue weighted by Gasteiger charge is -2.11. The fourth-order valence-electron chi connectivity index (χ4n) is 2.28. The van der Waals surface area contributed by atoms with Crippen LogP contribution in [0.2, 0.25) is 5.02 Å². The average molecular weight is 371 g/mol. The molecule has 4 heteroatoms. The minimum atomic E-state index is -0.383. The molecule has 0 aliphatic carbocycles. The Morgan fingerprint density at radius 2 is 1.90 bits per heavy atom. The van der Waals surface area contributed by atoms with Crippen molar-refractivity contribution in [3.05, 3.63) is 56.8 Å². The quantitative estimate of drug-likeness (QED) is 0.524. The molecule has 2 rings (SSSR count). The highest BCUT2D eigenvalue weighted by Gasteiger charge is 2.13. The van der Waals surface area contributed by atoms with Crippen molar-refractivity contribution in [2.45, 2.75) is 26.8 Å². The molecule has 0 fully saturated rings. The number of halogens is 3. The van der Waals surface area contributed by atoms with E-state index in [1.165, 1.54) is 5.56 Å². The summed E-state index contributed by atoms with van der Waals surface area (Å²) >= 11 is 9.21. The molecule has 0 aliphatic heterocycles. The maximum Gasteiger partial charge on any atom is 0.150 e. The van der Waals surface area contributed by atoms with Gasteiger partial charge in [-0.1, -0.05) is 42.8 Å². The fourth-order valence-corrected chi connectivity index (χ4v) is 2.75. The monoisotopic (exact) mass is 369 g/mol. The summed E-state index contributed by atoms with van der Waals surface area (Å²) in [5.74, 6) is -0.383. The summed E-state index contributed by atoms with van der Waals surface area (Å²) in [7, 11) is 0. The lowest BCUT2D eigenvalue weighted by Crippen LogP contribution is -2.13. The van der Waals surface area contributed by atoms with Crippen LogP contribution in [0.15, 0.2) is 34.8 Å². The Hall–Kier alpha value is -0.900. The summed E-state index contributed by atoms with van der Waals surface area (Å²) in [6.45, 7) is 5.96. The molecule has 1 nitrogen and oxygen atoms in total. The molecule has 0 radical (unpaired) electrons. The van der Waals surface area contributed by atoms with Crippen molar-refractivity contribution in [1.29, 1.82) is 0 Å². The SMILES string of the molecule is CCCNCc1ccc(-c2ccc(Br)c(Cl)c2F)c(C)c1.